The Kier molecular flexibility index (Phi) is 6.40. The maximum absolute atomic E-state index is 12.5. The highest BCUT2D eigenvalue weighted by Crippen LogP contribution is 2.33. The van der Waals surface area contributed by atoms with Crippen molar-refractivity contribution in [2.24, 2.45) is 11.8 Å². The van der Waals surface area contributed by atoms with Crippen LogP contribution in [0.15, 0.2) is 60.3 Å². The van der Waals surface area contributed by atoms with E-state index < -0.39 is 0 Å². The number of piperidine rings is 1. The van der Waals surface area contributed by atoms with Gasteiger partial charge in [-0.15, -0.1) is 0 Å². The minimum absolute atomic E-state index is 0.00510. The van der Waals surface area contributed by atoms with E-state index in [1.54, 1.807) is 0 Å². The predicted molar refractivity (Wildman–Crippen MR) is 117 cm³/mol. The van der Waals surface area contributed by atoms with Crippen LogP contribution in [0, 0.1) is 11.8 Å². The zero-order chi connectivity index (χ0) is 20.1. The van der Waals surface area contributed by atoms with Crippen LogP contribution in [-0.4, -0.2) is 35.4 Å². The minimum Gasteiger partial charge on any atom is -0.347 e. The van der Waals surface area contributed by atoms with Crippen LogP contribution in [0.1, 0.15) is 49.9 Å². The Labute approximate surface area is 174 Å². The lowest BCUT2D eigenvalue weighted by Gasteiger charge is -2.37. The number of likely N-dealkylation sites (tertiary alicyclic amines) is 1. The largest absolute Gasteiger partial charge is 0.347 e. The highest BCUT2D eigenvalue weighted by molar-refractivity contribution is 5.81. The number of amides is 1. The Morgan fingerprint density at radius 1 is 1.17 bits per heavy atom. The molecule has 4 heteroatoms. The first kappa shape index (κ1) is 19.8. The highest BCUT2D eigenvalue weighted by atomic mass is 16.2. The van der Waals surface area contributed by atoms with Gasteiger partial charge in [-0.05, 0) is 62.8 Å². The average molecular weight is 390 g/mol. The van der Waals surface area contributed by atoms with Crippen molar-refractivity contribution in [1.29, 1.82) is 0 Å². The summed E-state index contributed by atoms with van der Waals surface area (Å²) in [4.78, 5) is 19.6. The smallest absolute Gasteiger partial charge is 0.223 e. The van der Waals surface area contributed by atoms with Crippen molar-refractivity contribution in [3.63, 3.8) is 0 Å². The number of pyridine rings is 1. The molecular weight excluding hydrogens is 358 g/mol. The maximum Gasteiger partial charge on any atom is 0.223 e. The van der Waals surface area contributed by atoms with Crippen LogP contribution in [0.2, 0.25) is 0 Å². The van der Waals surface area contributed by atoms with Gasteiger partial charge in [0.25, 0.3) is 0 Å². The van der Waals surface area contributed by atoms with Gasteiger partial charge in [-0.3, -0.25) is 14.7 Å². The van der Waals surface area contributed by atoms with E-state index >= 15 is 0 Å². The van der Waals surface area contributed by atoms with Gasteiger partial charge in [0.05, 0.1) is 11.7 Å². The number of aromatic nitrogens is 1. The van der Waals surface area contributed by atoms with Gasteiger partial charge in [0.15, 0.2) is 0 Å². The molecule has 2 aliphatic rings. The van der Waals surface area contributed by atoms with Gasteiger partial charge in [0.1, 0.15) is 0 Å². The van der Waals surface area contributed by atoms with Gasteiger partial charge in [-0.1, -0.05) is 48.0 Å². The molecule has 29 heavy (non-hydrogen) atoms. The normalized spacial score (nSPS) is 21.6. The third-order valence-electron chi connectivity index (χ3n) is 5.95. The van der Waals surface area contributed by atoms with E-state index in [0.29, 0.717) is 5.92 Å². The third kappa shape index (κ3) is 5.54. The molecule has 2 heterocycles. The molecule has 4 nitrogen and oxygen atoms in total. The second-order valence-corrected chi connectivity index (χ2v) is 8.55. The molecule has 2 fully saturated rings. The van der Waals surface area contributed by atoms with Gasteiger partial charge in [-0.2, -0.15) is 0 Å². The van der Waals surface area contributed by atoms with Crippen LogP contribution in [0.5, 0.6) is 0 Å². The molecule has 2 unspecified atom stereocenters. The van der Waals surface area contributed by atoms with E-state index in [-0.39, 0.29) is 17.9 Å². The molecule has 0 bridgehead atoms. The zero-order valence-corrected chi connectivity index (χ0v) is 17.3. The lowest BCUT2D eigenvalue weighted by Crippen LogP contribution is -2.44. The second-order valence-electron chi connectivity index (χ2n) is 8.55. The van der Waals surface area contributed by atoms with Crippen molar-refractivity contribution < 1.29 is 4.79 Å². The van der Waals surface area contributed by atoms with Gasteiger partial charge < -0.3 is 5.32 Å². The van der Waals surface area contributed by atoms with Gasteiger partial charge in [0.2, 0.25) is 5.91 Å². The van der Waals surface area contributed by atoms with Crippen LogP contribution in [0.4, 0.5) is 0 Å². The first-order valence-corrected chi connectivity index (χ1v) is 10.8. The average Bonchev–Trinajstić information content (AvgIpc) is 3.59. The van der Waals surface area contributed by atoms with E-state index in [9.17, 15) is 4.79 Å². The second kappa shape index (κ2) is 9.36. The zero-order valence-electron chi connectivity index (χ0n) is 17.3. The predicted octanol–water partition coefficient (Wildman–Crippen LogP) is 4.46. The summed E-state index contributed by atoms with van der Waals surface area (Å²) in [5, 5.41) is 3.34. The minimum atomic E-state index is 0.00510. The monoisotopic (exact) mass is 389 g/mol. The van der Waals surface area contributed by atoms with E-state index in [2.05, 4.69) is 64.6 Å². The summed E-state index contributed by atoms with van der Waals surface area (Å²) in [6.45, 7) is 5.28. The molecule has 1 aromatic heterocycles. The van der Waals surface area contributed by atoms with Crippen molar-refractivity contribution in [2.75, 3.05) is 19.6 Å². The number of nitrogens with one attached hydrogen (secondary N) is 1. The molecule has 0 spiro atoms. The summed E-state index contributed by atoms with van der Waals surface area (Å²) >= 11 is 0. The summed E-state index contributed by atoms with van der Waals surface area (Å²) in [5.41, 5.74) is 3.61. The summed E-state index contributed by atoms with van der Waals surface area (Å²) in [6.07, 6.45) is 8.45. The van der Waals surface area contributed by atoms with Crippen molar-refractivity contribution in [3.8, 4) is 0 Å². The fraction of sp³-hybridized carbons (Fsp3) is 0.440. The Hall–Kier alpha value is -2.46. The third-order valence-corrected chi connectivity index (χ3v) is 5.95. The van der Waals surface area contributed by atoms with E-state index in [1.807, 2.05) is 18.3 Å². The standard InChI is InChI=1S/C25H31N3O/c1-19(16-20-8-3-2-4-9-20)17-28-15-7-10-22(18-28)24(23-11-5-6-14-26-23)27-25(29)21-12-13-21/h2-6,8-9,11,14,16,21-22,24H,7,10,12-13,15,17-18H2,1H3,(H,27,29). The lowest BCUT2D eigenvalue weighted by molar-refractivity contribution is -0.123. The maximum atomic E-state index is 12.5. The summed E-state index contributed by atoms with van der Waals surface area (Å²) in [5.74, 6) is 0.820. The van der Waals surface area contributed by atoms with Gasteiger partial charge in [0, 0.05) is 25.2 Å². The molecule has 2 atom stereocenters. The molecule has 1 saturated heterocycles. The molecule has 1 saturated carbocycles. The van der Waals surface area contributed by atoms with Crippen LogP contribution >= 0.6 is 0 Å². The Balaban J connectivity index is 1.44. The molecule has 1 N–H and O–H groups in total. The first-order valence-electron chi connectivity index (χ1n) is 10.8. The van der Waals surface area contributed by atoms with Crippen LogP contribution in [-0.2, 0) is 4.79 Å². The summed E-state index contributed by atoms with van der Waals surface area (Å²) < 4.78 is 0. The number of carbonyl (C=O) groups is 1. The Morgan fingerprint density at radius 3 is 2.69 bits per heavy atom. The van der Waals surface area contributed by atoms with Crippen molar-refractivity contribution in [2.45, 2.75) is 38.6 Å². The number of rotatable bonds is 7. The fourth-order valence-electron chi connectivity index (χ4n) is 4.35. The molecule has 1 aliphatic carbocycles. The number of nitrogens with zero attached hydrogens (tertiary/aromatic N) is 2. The molecule has 2 aromatic rings. The van der Waals surface area contributed by atoms with Gasteiger partial charge >= 0.3 is 0 Å². The van der Waals surface area contributed by atoms with Crippen LogP contribution < -0.4 is 5.32 Å². The SMILES string of the molecule is CC(=Cc1ccccc1)CN1CCCC(C(NC(=O)C2CC2)c2ccccn2)C1. The lowest BCUT2D eigenvalue weighted by atomic mass is 9.88. The van der Waals surface area contributed by atoms with Crippen LogP contribution in [0.25, 0.3) is 6.08 Å². The number of hydrogen-bond acceptors (Lipinski definition) is 3. The topological polar surface area (TPSA) is 45.2 Å². The van der Waals surface area contributed by atoms with Crippen molar-refractivity contribution in [1.82, 2.24) is 15.2 Å². The van der Waals surface area contributed by atoms with Gasteiger partial charge in [-0.25, -0.2) is 0 Å². The van der Waals surface area contributed by atoms with Crippen molar-refractivity contribution >= 4 is 12.0 Å². The van der Waals surface area contributed by atoms with E-state index in [0.717, 1.165) is 51.0 Å². The summed E-state index contributed by atoms with van der Waals surface area (Å²) in [6, 6.07) is 16.5. The van der Waals surface area contributed by atoms with E-state index in [1.165, 1.54) is 11.1 Å². The van der Waals surface area contributed by atoms with Crippen LogP contribution in [0.3, 0.4) is 0 Å². The highest BCUT2D eigenvalue weighted by Gasteiger charge is 2.35. The molecule has 152 valence electrons. The summed E-state index contributed by atoms with van der Waals surface area (Å²) in [7, 11) is 0. The number of benzene rings is 1. The van der Waals surface area contributed by atoms with E-state index in [4.69, 9.17) is 0 Å². The quantitative estimate of drug-likeness (QED) is 0.760. The molecule has 1 amide bonds. The Bertz CT molecular complexity index is 830. The molecule has 1 aromatic carbocycles. The molecule has 0 radical (unpaired) electrons. The number of carbonyl (C=O) groups excluding carboxylic acids is 1. The molecular formula is C25H31N3O. The molecule has 1 aliphatic heterocycles. The number of hydrogen-bond donors (Lipinski definition) is 1. The Morgan fingerprint density at radius 2 is 1.97 bits per heavy atom. The van der Waals surface area contributed by atoms with Crippen molar-refractivity contribution in [3.05, 3.63) is 71.6 Å². The molecule has 4 rings (SSSR count). The fourth-order valence-corrected chi connectivity index (χ4v) is 4.35. The first-order chi connectivity index (χ1) is 14.2.